The quantitative estimate of drug-likeness (QED) is 0.465. The number of nitrogens with zero attached hydrogens (tertiary/aromatic N) is 2. The molecule has 0 unspecified atom stereocenters. The molecule has 2 aliphatic heterocycles. The minimum absolute atomic E-state index is 0.0336. The third-order valence-electron chi connectivity index (χ3n) is 7.27. The number of aromatic nitrogens is 2. The highest BCUT2D eigenvalue weighted by Gasteiger charge is 2.47. The fourth-order valence-electron chi connectivity index (χ4n) is 5.14. The summed E-state index contributed by atoms with van der Waals surface area (Å²) in [6, 6.07) is 14.7. The molecule has 0 atom stereocenters. The second-order valence-corrected chi connectivity index (χ2v) is 9.47. The average Bonchev–Trinajstić information content (AvgIpc) is 3.43. The molecule has 1 fully saturated rings. The Morgan fingerprint density at radius 1 is 1.11 bits per heavy atom. The monoisotopic (exact) mass is 499 g/mol. The first-order valence-electron chi connectivity index (χ1n) is 12.2. The zero-order valence-electron chi connectivity index (χ0n) is 21.1. The minimum Gasteiger partial charge on any atom is -0.381 e. The SMILES string of the molecule is CC(=C(NC(=O)c1ccnn1C)C(=O)Nc1ccc2c(c1)NC(=O)C21CCOCC1)c1ccccc1C. The highest BCUT2D eigenvalue weighted by atomic mass is 16.5. The van der Waals surface area contributed by atoms with Gasteiger partial charge >= 0.3 is 0 Å². The normalized spacial score (nSPS) is 16.6. The van der Waals surface area contributed by atoms with Crippen LogP contribution < -0.4 is 16.0 Å². The van der Waals surface area contributed by atoms with E-state index in [0.717, 1.165) is 16.7 Å². The summed E-state index contributed by atoms with van der Waals surface area (Å²) in [5.74, 6) is -0.948. The van der Waals surface area contributed by atoms with Crippen molar-refractivity contribution in [1.82, 2.24) is 15.1 Å². The molecule has 1 saturated heterocycles. The topological polar surface area (TPSA) is 114 Å². The molecule has 9 heteroatoms. The van der Waals surface area contributed by atoms with Gasteiger partial charge in [0, 0.05) is 37.8 Å². The van der Waals surface area contributed by atoms with E-state index in [-0.39, 0.29) is 11.6 Å². The van der Waals surface area contributed by atoms with E-state index in [9.17, 15) is 14.4 Å². The summed E-state index contributed by atoms with van der Waals surface area (Å²) in [5, 5.41) is 12.7. The van der Waals surface area contributed by atoms with Gasteiger partial charge in [-0.1, -0.05) is 30.3 Å². The first-order valence-corrected chi connectivity index (χ1v) is 12.2. The summed E-state index contributed by atoms with van der Waals surface area (Å²) < 4.78 is 6.92. The summed E-state index contributed by atoms with van der Waals surface area (Å²) in [6.45, 7) is 4.83. The molecule has 3 amide bonds. The molecule has 0 radical (unpaired) electrons. The van der Waals surface area contributed by atoms with Gasteiger partial charge in [-0.3, -0.25) is 19.1 Å². The molecule has 37 heavy (non-hydrogen) atoms. The lowest BCUT2D eigenvalue weighted by Gasteiger charge is -2.31. The number of nitrogens with one attached hydrogen (secondary N) is 3. The van der Waals surface area contributed by atoms with E-state index in [1.165, 1.54) is 10.9 Å². The smallest absolute Gasteiger partial charge is 0.274 e. The van der Waals surface area contributed by atoms with Crippen molar-refractivity contribution in [2.45, 2.75) is 32.1 Å². The summed E-state index contributed by atoms with van der Waals surface area (Å²) in [4.78, 5) is 39.5. The molecule has 2 aliphatic rings. The van der Waals surface area contributed by atoms with Gasteiger partial charge in [0.25, 0.3) is 11.8 Å². The van der Waals surface area contributed by atoms with E-state index >= 15 is 0 Å². The van der Waals surface area contributed by atoms with Crippen LogP contribution in [-0.4, -0.2) is 40.7 Å². The molecule has 5 rings (SSSR count). The Morgan fingerprint density at radius 3 is 2.57 bits per heavy atom. The fourth-order valence-corrected chi connectivity index (χ4v) is 5.14. The number of carbonyl (C=O) groups excluding carboxylic acids is 3. The van der Waals surface area contributed by atoms with Gasteiger partial charge in [0.1, 0.15) is 11.4 Å². The zero-order valence-corrected chi connectivity index (χ0v) is 21.1. The molecule has 0 bridgehead atoms. The average molecular weight is 500 g/mol. The number of benzene rings is 2. The molecule has 3 N–H and O–H groups in total. The lowest BCUT2D eigenvalue weighted by molar-refractivity contribution is -0.124. The number of allylic oxidation sites excluding steroid dienone is 1. The number of fused-ring (bicyclic) bond motifs is 2. The van der Waals surface area contributed by atoms with Crippen LogP contribution in [0.25, 0.3) is 5.57 Å². The second-order valence-electron chi connectivity index (χ2n) is 9.47. The Labute approximate surface area is 214 Å². The standard InChI is InChI=1S/C28H29N5O4/c1-17-6-4-5-7-20(17)18(2)24(32-25(34)23-10-13-29-33(23)3)26(35)30-19-8-9-21-22(16-19)31-27(36)28(21)11-14-37-15-12-28/h4-10,13,16H,11-12,14-15H2,1-3H3,(H,30,35)(H,31,36)(H,32,34). The maximum absolute atomic E-state index is 13.6. The Hall–Kier alpha value is -4.24. The molecule has 3 heterocycles. The van der Waals surface area contributed by atoms with E-state index in [1.54, 1.807) is 32.2 Å². The number of hydrogen-bond acceptors (Lipinski definition) is 5. The maximum atomic E-state index is 13.6. The number of rotatable bonds is 5. The molecule has 3 aromatic rings. The van der Waals surface area contributed by atoms with Gasteiger partial charge in [-0.2, -0.15) is 5.10 Å². The summed E-state index contributed by atoms with van der Waals surface area (Å²) in [7, 11) is 1.66. The van der Waals surface area contributed by atoms with E-state index < -0.39 is 17.2 Å². The zero-order chi connectivity index (χ0) is 26.2. The number of amides is 3. The van der Waals surface area contributed by atoms with E-state index in [0.29, 0.717) is 48.7 Å². The largest absolute Gasteiger partial charge is 0.381 e. The number of anilines is 2. The van der Waals surface area contributed by atoms with Crippen molar-refractivity contribution in [2.24, 2.45) is 7.05 Å². The number of hydrogen-bond donors (Lipinski definition) is 3. The van der Waals surface area contributed by atoms with Crippen molar-refractivity contribution in [2.75, 3.05) is 23.8 Å². The Bertz CT molecular complexity index is 1430. The summed E-state index contributed by atoms with van der Waals surface area (Å²) in [5.41, 5.74) is 4.44. The van der Waals surface area contributed by atoms with Crippen LogP contribution in [0.1, 0.15) is 46.9 Å². The third kappa shape index (κ3) is 4.42. The van der Waals surface area contributed by atoms with E-state index in [2.05, 4.69) is 21.0 Å². The van der Waals surface area contributed by atoms with Gasteiger partial charge in [0.15, 0.2) is 0 Å². The van der Waals surface area contributed by atoms with Gasteiger partial charge in [-0.05, 0) is 67.2 Å². The van der Waals surface area contributed by atoms with Crippen molar-refractivity contribution < 1.29 is 19.1 Å². The van der Waals surface area contributed by atoms with Gasteiger partial charge in [0.2, 0.25) is 5.91 Å². The lowest BCUT2D eigenvalue weighted by atomic mass is 9.75. The number of carbonyl (C=O) groups is 3. The Kier molecular flexibility index (Phi) is 6.39. The predicted octanol–water partition coefficient (Wildman–Crippen LogP) is 3.53. The molecular formula is C28H29N5O4. The second kappa shape index (κ2) is 9.67. The van der Waals surface area contributed by atoms with Gasteiger partial charge in [0.05, 0.1) is 5.41 Å². The Balaban J connectivity index is 1.46. The van der Waals surface area contributed by atoms with Crippen molar-refractivity contribution >= 4 is 34.7 Å². The summed E-state index contributed by atoms with van der Waals surface area (Å²) >= 11 is 0. The van der Waals surface area contributed by atoms with Crippen molar-refractivity contribution in [3.8, 4) is 0 Å². The highest BCUT2D eigenvalue weighted by molar-refractivity contribution is 6.13. The summed E-state index contributed by atoms with van der Waals surface area (Å²) in [6.07, 6.45) is 2.77. The maximum Gasteiger partial charge on any atom is 0.274 e. The Morgan fingerprint density at radius 2 is 1.86 bits per heavy atom. The molecule has 0 aliphatic carbocycles. The van der Waals surface area contributed by atoms with Crippen molar-refractivity contribution in [1.29, 1.82) is 0 Å². The van der Waals surface area contributed by atoms with Gasteiger partial charge < -0.3 is 20.7 Å². The van der Waals surface area contributed by atoms with E-state index in [1.807, 2.05) is 37.3 Å². The highest BCUT2D eigenvalue weighted by Crippen LogP contribution is 2.45. The van der Waals surface area contributed by atoms with Crippen LogP contribution in [-0.2, 0) is 26.8 Å². The number of aryl methyl sites for hydroxylation is 2. The fraction of sp³-hybridized carbons (Fsp3) is 0.286. The van der Waals surface area contributed by atoms with Crippen LogP contribution >= 0.6 is 0 Å². The van der Waals surface area contributed by atoms with Gasteiger partial charge in [-0.15, -0.1) is 0 Å². The van der Waals surface area contributed by atoms with E-state index in [4.69, 9.17) is 4.74 Å². The molecule has 1 spiro atoms. The van der Waals surface area contributed by atoms with Crippen molar-refractivity contribution in [3.05, 3.63) is 82.8 Å². The van der Waals surface area contributed by atoms with Crippen LogP contribution in [0.15, 0.2) is 60.4 Å². The van der Waals surface area contributed by atoms with Crippen LogP contribution in [0.3, 0.4) is 0 Å². The minimum atomic E-state index is -0.584. The van der Waals surface area contributed by atoms with Crippen molar-refractivity contribution in [3.63, 3.8) is 0 Å². The molecule has 0 saturated carbocycles. The van der Waals surface area contributed by atoms with Crippen LogP contribution in [0, 0.1) is 6.92 Å². The molecule has 1 aromatic heterocycles. The van der Waals surface area contributed by atoms with Crippen LogP contribution in [0.4, 0.5) is 11.4 Å². The lowest BCUT2D eigenvalue weighted by Crippen LogP contribution is -2.39. The number of ether oxygens (including phenoxy) is 1. The van der Waals surface area contributed by atoms with Crippen LogP contribution in [0.5, 0.6) is 0 Å². The van der Waals surface area contributed by atoms with Crippen LogP contribution in [0.2, 0.25) is 0 Å². The molecule has 2 aromatic carbocycles. The predicted molar refractivity (Wildman–Crippen MR) is 140 cm³/mol. The van der Waals surface area contributed by atoms with Gasteiger partial charge in [-0.25, -0.2) is 0 Å². The first kappa shape index (κ1) is 24.5. The molecule has 9 nitrogen and oxygen atoms in total. The molecule has 190 valence electrons. The third-order valence-corrected chi connectivity index (χ3v) is 7.27. The molecular weight excluding hydrogens is 470 g/mol. The first-order chi connectivity index (χ1) is 17.8.